The van der Waals surface area contributed by atoms with Gasteiger partial charge >= 0.3 is 11.9 Å². The number of carbonyl (C=O) groups excluding carboxylic acids is 2. The van der Waals surface area contributed by atoms with E-state index in [1.807, 2.05) is 76.2 Å². The van der Waals surface area contributed by atoms with Crippen molar-refractivity contribution in [2.24, 2.45) is 4.99 Å². The maximum atomic E-state index is 14.1. The Labute approximate surface area is 265 Å². The average molecular weight is 628 g/mol. The first-order chi connectivity index (χ1) is 21.5. The highest BCUT2D eigenvalue weighted by Crippen LogP contribution is 2.32. The van der Waals surface area contributed by atoms with Gasteiger partial charge in [-0.15, -0.1) is 0 Å². The third-order valence-corrected chi connectivity index (χ3v) is 8.46. The van der Waals surface area contributed by atoms with E-state index in [-0.39, 0.29) is 24.2 Å². The van der Waals surface area contributed by atoms with Crippen molar-refractivity contribution in [1.82, 2.24) is 9.13 Å². The van der Waals surface area contributed by atoms with Gasteiger partial charge in [0, 0.05) is 17.1 Å². The molecule has 0 bridgehead atoms. The second-order valence-electron chi connectivity index (χ2n) is 11.0. The summed E-state index contributed by atoms with van der Waals surface area (Å²) < 4.78 is 20.5. The topological polar surface area (TPSA) is 101 Å². The van der Waals surface area contributed by atoms with Crippen LogP contribution in [0, 0.1) is 13.8 Å². The molecule has 0 aliphatic carbocycles. The summed E-state index contributed by atoms with van der Waals surface area (Å²) in [4.78, 5) is 44.6. The Hall–Kier alpha value is -4.70. The molecule has 0 saturated heterocycles. The Morgan fingerprint density at radius 3 is 2.22 bits per heavy atom. The molecule has 1 aliphatic heterocycles. The Morgan fingerprint density at radius 1 is 0.956 bits per heavy atom. The Bertz CT molecular complexity index is 1960. The minimum Gasteiger partial charge on any atom is -0.491 e. The quantitative estimate of drug-likeness (QED) is 0.238. The third-order valence-electron chi connectivity index (χ3n) is 7.48. The number of allylic oxidation sites excluding steroid dienone is 1. The number of aromatic nitrogens is 2. The van der Waals surface area contributed by atoms with E-state index in [4.69, 9.17) is 14.2 Å². The lowest BCUT2D eigenvalue weighted by Crippen LogP contribution is -2.39. The minimum atomic E-state index is -0.708. The van der Waals surface area contributed by atoms with E-state index >= 15 is 0 Å². The fraction of sp³-hybridized carbons (Fsp3) is 0.314. The fourth-order valence-corrected chi connectivity index (χ4v) is 6.58. The molecule has 0 amide bonds. The van der Waals surface area contributed by atoms with E-state index in [0.717, 1.165) is 28.2 Å². The van der Waals surface area contributed by atoms with Crippen LogP contribution in [0.25, 0.3) is 11.8 Å². The number of aryl methyl sites for hydroxylation is 1. The molecule has 0 unspecified atom stereocenters. The molecule has 1 atom stereocenters. The molecular formula is C35H37N3O6S. The van der Waals surface area contributed by atoms with Crippen molar-refractivity contribution in [3.05, 3.63) is 114 Å². The van der Waals surface area contributed by atoms with Crippen molar-refractivity contribution < 1.29 is 23.8 Å². The molecule has 0 radical (unpaired) electrons. The number of hydrogen-bond acceptors (Lipinski definition) is 8. The number of rotatable bonds is 9. The number of ether oxygens (including phenoxy) is 3. The first-order valence-electron chi connectivity index (χ1n) is 15.0. The molecule has 0 N–H and O–H groups in total. The summed E-state index contributed by atoms with van der Waals surface area (Å²) in [6.45, 7) is 13.7. The van der Waals surface area contributed by atoms with E-state index in [2.05, 4.69) is 9.56 Å². The summed E-state index contributed by atoms with van der Waals surface area (Å²) in [6.07, 6.45) is 1.88. The van der Waals surface area contributed by atoms with Gasteiger partial charge in [-0.05, 0) is 108 Å². The van der Waals surface area contributed by atoms with Crippen LogP contribution < -0.4 is 19.6 Å². The maximum Gasteiger partial charge on any atom is 0.338 e. The molecule has 0 fully saturated rings. The highest BCUT2D eigenvalue weighted by molar-refractivity contribution is 7.07. The van der Waals surface area contributed by atoms with Crippen LogP contribution in [-0.2, 0) is 14.3 Å². The molecule has 0 saturated carbocycles. The van der Waals surface area contributed by atoms with Crippen LogP contribution in [0.2, 0.25) is 0 Å². The highest BCUT2D eigenvalue weighted by Gasteiger charge is 2.33. The Morgan fingerprint density at radius 2 is 1.60 bits per heavy atom. The zero-order valence-corrected chi connectivity index (χ0v) is 27.4. The molecule has 2 aromatic carbocycles. The maximum absolute atomic E-state index is 14.1. The molecule has 45 heavy (non-hydrogen) atoms. The summed E-state index contributed by atoms with van der Waals surface area (Å²) >= 11 is 1.28. The van der Waals surface area contributed by atoms with Gasteiger partial charge in [0.1, 0.15) is 5.75 Å². The second kappa shape index (κ2) is 13.1. The van der Waals surface area contributed by atoms with Crippen LogP contribution in [0.1, 0.15) is 73.5 Å². The summed E-state index contributed by atoms with van der Waals surface area (Å²) in [5.74, 6) is -0.163. The monoisotopic (exact) mass is 627 g/mol. The lowest BCUT2D eigenvalue weighted by Gasteiger charge is -2.25. The van der Waals surface area contributed by atoms with Gasteiger partial charge in [0.15, 0.2) is 4.80 Å². The van der Waals surface area contributed by atoms with E-state index in [0.29, 0.717) is 38.5 Å². The predicted octanol–water partition coefficient (Wildman–Crippen LogP) is 5.17. The van der Waals surface area contributed by atoms with E-state index in [1.54, 1.807) is 37.5 Å². The summed E-state index contributed by atoms with van der Waals surface area (Å²) in [6, 6.07) is 16.0. The van der Waals surface area contributed by atoms with Gasteiger partial charge < -0.3 is 18.8 Å². The number of hydrogen-bond donors (Lipinski definition) is 0. The zero-order valence-electron chi connectivity index (χ0n) is 26.5. The molecule has 2 aromatic heterocycles. The van der Waals surface area contributed by atoms with Gasteiger partial charge in [0.25, 0.3) is 5.56 Å². The van der Waals surface area contributed by atoms with Gasteiger partial charge in [0.05, 0.1) is 46.7 Å². The van der Waals surface area contributed by atoms with Crippen molar-refractivity contribution in [1.29, 1.82) is 0 Å². The first-order valence-corrected chi connectivity index (χ1v) is 15.8. The van der Waals surface area contributed by atoms with Gasteiger partial charge in [-0.25, -0.2) is 14.6 Å². The van der Waals surface area contributed by atoms with E-state index in [1.165, 1.54) is 11.3 Å². The van der Waals surface area contributed by atoms with Crippen LogP contribution in [0.4, 0.5) is 0 Å². The van der Waals surface area contributed by atoms with Gasteiger partial charge in [-0.3, -0.25) is 9.36 Å². The van der Waals surface area contributed by atoms with Crippen molar-refractivity contribution >= 4 is 29.4 Å². The van der Waals surface area contributed by atoms with Crippen LogP contribution >= 0.6 is 11.3 Å². The Balaban J connectivity index is 1.60. The lowest BCUT2D eigenvalue weighted by molar-refractivity contribution is -0.139. The lowest BCUT2D eigenvalue weighted by atomic mass is 9.96. The van der Waals surface area contributed by atoms with Crippen LogP contribution in [0.5, 0.6) is 5.75 Å². The largest absolute Gasteiger partial charge is 0.491 e. The van der Waals surface area contributed by atoms with Gasteiger partial charge in [-0.1, -0.05) is 23.5 Å². The van der Waals surface area contributed by atoms with Crippen LogP contribution in [-0.4, -0.2) is 40.4 Å². The normalized spacial score (nSPS) is 14.8. The van der Waals surface area contributed by atoms with E-state index < -0.39 is 12.0 Å². The zero-order chi connectivity index (χ0) is 32.4. The fourth-order valence-electron chi connectivity index (χ4n) is 5.54. The van der Waals surface area contributed by atoms with Gasteiger partial charge in [0.2, 0.25) is 0 Å². The average Bonchev–Trinajstić information content (AvgIpc) is 3.46. The summed E-state index contributed by atoms with van der Waals surface area (Å²) in [5.41, 5.74) is 5.50. The van der Waals surface area contributed by atoms with Crippen molar-refractivity contribution in [2.75, 3.05) is 13.2 Å². The van der Waals surface area contributed by atoms with Crippen molar-refractivity contribution in [2.45, 2.75) is 60.6 Å². The molecule has 0 spiro atoms. The molecule has 1 aliphatic rings. The standard InChI is InChI=1S/C35H37N3O6S/c1-8-42-33(40)25-10-14-27(15-11-25)37-21(5)18-26(23(37)7)19-29-32(39)38-31(24-12-16-28(17-13-24)44-20(3)4)30(34(41)43-9-2)22(6)36-35(38)45-29/h10-20,31H,8-9H2,1-7H3/t31-/m0/s1. The number of nitrogens with zero attached hydrogens (tertiary/aromatic N) is 3. The van der Waals surface area contributed by atoms with Crippen molar-refractivity contribution in [3.8, 4) is 11.4 Å². The summed E-state index contributed by atoms with van der Waals surface area (Å²) in [7, 11) is 0. The summed E-state index contributed by atoms with van der Waals surface area (Å²) in [5, 5.41) is 0. The first kappa shape index (κ1) is 31.7. The number of thiazole rings is 1. The molecule has 10 heteroatoms. The minimum absolute atomic E-state index is 0.0108. The molecular weight excluding hydrogens is 590 g/mol. The van der Waals surface area contributed by atoms with Crippen LogP contribution in [0.3, 0.4) is 0 Å². The molecule has 3 heterocycles. The molecule has 234 valence electrons. The van der Waals surface area contributed by atoms with E-state index in [9.17, 15) is 14.4 Å². The molecule has 9 nitrogen and oxygen atoms in total. The SMILES string of the molecule is CCOC(=O)C1=C(C)N=c2sc(=Cc3cc(C)n(-c4ccc(C(=O)OCC)cc4)c3C)c(=O)n2[C@H]1c1ccc(OC(C)C)cc1. The number of benzene rings is 2. The molecule has 5 rings (SSSR count). The number of carbonyl (C=O) groups is 2. The smallest absolute Gasteiger partial charge is 0.338 e. The highest BCUT2D eigenvalue weighted by atomic mass is 32.1. The second-order valence-corrected chi connectivity index (χ2v) is 12.0. The third kappa shape index (κ3) is 6.28. The molecule has 4 aromatic rings. The van der Waals surface area contributed by atoms with Crippen LogP contribution in [0.15, 0.2) is 75.7 Å². The Kier molecular flexibility index (Phi) is 9.24. The number of fused-ring (bicyclic) bond motifs is 1. The van der Waals surface area contributed by atoms with Crippen molar-refractivity contribution in [3.63, 3.8) is 0 Å². The number of esters is 2. The predicted molar refractivity (Wildman–Crippen MR) is 174 cm³/mol. The van der Waals surface area contributed by atoms with Gasteiger partial charge in [-0.2, -0.15) is 0 Å².